The normalized spacial score (nSPS) is 12.2. The van der Waals surface area contributed by atoms with E-state index in [0.29, 0.717) is 35.1 Å². The van der Waals surface area contributed by atoms with Gasteiger partial charge in [-0.3, -0.25) is 4.79 Å². The smallest absolute Gasteiger partial charge is 0.250 e. The molecule has 5 N–H and O–H groups in total. The number of nitrogens with two attached hydrogens (primary N) is 2. The van der Waals surface area contributed by atoms with Crippen molar-refractivity contribution in [1.29, 1.82) is 0 Å². The number of methoxy groups -OCH3 is 1. The molecule has 18 heavy (non-hydrogen) atoms. The van der Waals surface area contributed by atoms with Crippen molar-refractivity contribution in [3.8, 4) is 0 Å². The van der Waals surface area contributed by atoms with Crippen molar-refractivity contribution in [2.24, 2.45) is 11.7 Å². The molecule has 1 amide bonds. The number of anilines is 2. The third-order valence-corrected chi connectivity index (χ3v) is 2.75. The van der Waals surface area contributed by atoms with Gasteiger partial charge >= 0.3 is 0 Å². The van der Waals surface area contributed by atoms with Gasteiger partial charge in [0, 0.05) is 19.3 Å². The molecular formula is C12H18ClN3O2. The molecule has 1 unspecified atom stereocenters. The Morgan fingerprint density at radius 3 is 2.78 bits per heavy atom. The molecule has 0 aliphatic heterocycles. The van der Waals surface area contributed by atoms with Crippen molar-refractivity contribution >= 4 is 28.9 Å². The number of halogens is 1. The predicted molar refractivity (Wildman–Crippen MR) is 73.9 cm³/mol. The van der Waals surface area contributed by atoms with Crippen LogP contribution < -0.4 is 16.8 Å². The lowest BCUT2D eigenvalue weighted by atomic mass is 10.1. The first kappa shape index (κ1) is 14.6. The van der Waals surface area contributed by atoms with Crippen LogP contribution in [0, 0.1) is 5.92 Å². The van der Waals surface area contributed by atoms with Crippen LogP contribution >= 0.6 is 11.6 Å². The van der Waals surface area contributed by atoms with E-state index in [1.807, 2.05) is 6.92 Å². The van der Waals surface area contributed by atoms with E-state index in [9.17, 15) is 4.79 Å². The van der Waals surface area contributed by atoms with E-state index in [-0.39, 0.29) is 5.92 Å². The molecule has 0 saturated heterocycles. The summed E-state index contributed by atoms with van der Waals surface area (Å²) in [7, 11) is 1.64. The number of nitrogen functional groups attached to an aromatic ring is 1. The largest absolute Gasteiger partial charge is 0.399 e. The molecule has 0 aliphatic rings. The van der Waals surface area contributed by atoms with Gasteiger partial charge in [-0.1, -0.05) is 18.5 Å². The second-order valence-corrected chi connectivity index (χ2v) is 4.64. The van der Waals surface area contributed by atoms with E-state index >= 15 is 0 Å². The van der Waals surface area contributed by atoms with Crippen molar-refractivity contribution in [2.45, 2.75) is 6.92 Å². The molecule has 0 bridgehead atoms. The van der Waals surface area contributed by atoms with Crippen LogP contribution in [0.5, 0.6) is 0 Å². The van der Waals surface area contributed by atoms with Gasteiger partial charge in [0.1, 0.15) is 0 Å². The second kappa shape index (κ2) is 6.47. The molecule has 0 fully saturated rings. The number of benzene rings is 1. The number of carbonyl (C=O) groups is 1. The number of carbonyl (C=O) groups excluding carboxylic acids is 1. The Bertz CT molecular complexity index is 438. The van der Waals surface area contributed by atoms with Crippen LogP contribution in [0.15, 0.2) is 12.1 Å². The van der Waals surface area contributed by atoms with Crippen LogP contribution in [0.4, 0.5) is 11.4 Å². The summed E-state index contributed by atoms with van der Waals surface area (Å²) < 4.78 is 5.03. The van der Waals surface area contributed by atoms with Crippen LogP contribution in [0.1, 0.15) is 17.3 Å². The molecule has 5 nitrogen and oxygen atoms in total. The van der Waals surface area contributed by atoms with Crippen LogP contribution in [0.2, 0.25) is 5.02 Å². The van der Waals surface area contributed by atoms with E-state index in [0.717, 1.165) is 0 Å². The number of amides is 1. The van der Waals surface area contributed by atoms with Gasteiger partial charge in [-0.25, -0.2) is 0 Å². The summed E-state index contributed by atoms with van der Waals surface area (Å²) in [5, 5.41) is 3.49. The summed E-state index contributed by atoms with van der Waals surface area (Å²) in [6, 6.07) is 3.09. The fourth-order valence-corrected chi connectivity index (χ4v) is 1.92. The summed E-state index contributed by atoms with van der Waals surface area (Å²) in [6.45, 7) is 3.26. The number of hydrogen-bond donors (Lipinski definition) is 3. The molecule has 1 rings (SSSR count). The zero-order valence-electron chi connectivity index (χ0n) is 10.5. The summed E-state index contributed by atoms with van der Waals surface area (Å²) in [4.78, 5) is 11.3. The summed E-state index contributed by atoms with van der Waals surface area (Å²) in [5.41, 5.74) is 12.1. The highest BCUT2D eigenvalue weighted by atomic mass is 35.5. The Kier molecular flexibility index (Phi) is 5.25. The van der Waals surface area contributed by atoms with E-state index in [1.54, 1.807) is 13.2 Å². The zero-order chi connectivity index (χ0) is 13.7. The Morgan fingerprint density at radius 2 is 2.22 bits per heavy atom. The van der Waals surface area contributed by atoms with Gasteiger partial charge in [0.25, 0.3) is 5.91 Å². The first-order valence-corrected chi connectivity index (χ1v) is 5.95. The van der Waals surface area contributed by atoms with Crippen molar-refractivity contribution < 1.29 is 9.53 Å². The molecule has 100 valence electrons. The Morgan fingerprint density at radius 1 is 1.56 bits per heavy atom. The highest BCUT2D eigenvalue weighted by molar-refractivity contribution is 6.34. The van der Waals surface area contributed by atoms with Crippen molar-refractivity contribution in [1.82, 2.24) is 0 Å². The molecule has 0 aromatic heterocycles. The third-order valence-electron chi connectivity index (χ3n) is 2.46. The predicted octanol–water partition coefficient (Wildman–Crippen LogP) is 1.72. The van der Waals surface area contributed by atoms with Crippen LogP contribution in [0.3, 0.4) is 0 Å². The first-order chi connectivity index (χ1) is 8.45. The van der Waals surface area contributed by atoms with Gasteiger partial charge in [-0.15, -0.1) is 0 Å². The lowest BCUT2D eigenvalue weighted by Gasteiger charge is -2.16. The standard InChI is InChI=1S/C12H18ClN3O2/c1-7(6-18-2)5-16-11-9(12(15)17)3-8(14)4-10(11)13/h3-4,7,16H,5-6,14H2,1-2H3,(H2,15,17). The highest BCUT2D eigenvalue weighted by Crippen LogP contribution is 2.29. The van der Waals surface area contributed by atoms with Crippen LogP contribution in [-0.4, -0.2) is 26.2 Å². The number of ether oxygens (including phenoxy) is 1. The summed E-state index contributed by atoms with van der Waals surface area (Å²) in [5.74, 6) is -0.282. The monoisotopic (exact) mass is 271 g/mol. The number of primary amides is 1. The highest BCUT2D eigenvalue weighted by Gasteiger charge is 2.14. The molecule has 0 radical (unpaired) electrons. The van der Waals surface area contributed by atoms with Crippen LogP contribution in [-0.2, 0) is 4.74 Å². The quantitative estimate of drug-likeness (QED) is 0.687. The fraction of sp³-hybridized carbons (Fsp3) is 0.417. The molecule has 0 heterocycles. The second-order valence-electron chi connectivity index (χ2n) is 4.23. The van der Waals surface area contributed by atoms with Crippen LogP contribution in [0.25, 0.3) is 0 Å². The van der Waals surface area contributed by atoms with Crippen molar-refractivity contribution in [3.63, 3.8) is 0 Å². The molecule has 1 atom stereocenters. The fourth-order valence-electron chi connectivity index (χ4n) is 1.62. The van der Waals surface area contributed by atoms with Crippen molar-refractivity contribution in [3.05, 3.63) is 22.7 Å². The Labute approximate surface area is 111 Å². The van der Waals surface area contributed by atoms with Gasteiger partial charge < -0.3 is 21.5 Å². The minimum Gasteiger partial charge on any atom is -0.399 e. The van der Waals surface area contributed by atoms with E-state index < -0.39 is 5.91 Å². The molecule has 1 aromatic carbocycles. The van der Waals surface area contributed by atoms with Gasteiger partial charge in [0.15, 0.2) is 0 Å². The van der Waals surface area contributed by atoms with Gasteiger partial charge in [-0.05, 0) is 18.1 Å². The SMILES string of the molecule is COCC(C)CNc1c(Cl)cc(N)cc1C(N)=O. The number of hydrogen-bond acceptors (Lipinski definition) is 4. The first-order valence-electron chi connectivity index (χ1n) is 5.57. The minimum atomic E-state index is -0.564. The maximum Gasteiger partial charge on any atom is 0.250 e. The number of nitrogens with one attached hydrogen (secondary N) is 1. The minimum absolute atomic E-state index is 0.282. The van der Waals surface area contributed by atoms with E-state index in [2.05, 4.69) is 5.32 Å². The summed E-state index contributed by atoms with van der Waals surface area (Å²) in [6.07, 6.45) is 0. The topological polar surface area (TPSA) is 90.4 Å². The van der Waals surface area contributed by atoms with E-state index in [1.165, 1.54) is 6.07 Å². The maximum absolute atomic E-state index is 11.3. The van der Waals surface area contributed by atoms with Crippen molar-refractivity contribution in [2.75, 3.05) is 31.3 Å². The maximum atomic E-state index is 11.3. The molecule has 0 spiro atoms. The average Bonchev–Trinajstić information content (AvgIpc) is 2.27. The molecular weight excluding hydrogens is 254 g/mol. The Hall–Kier alpha value is -1.46. The third kappa shape index (κ3) is 3.78. The van der Waals surface area contributed by atoms with E-state index in [4.69, 9.17) is 27.8 Å². The summed E-state index contributed by atoms with van der Waals surface area (Å²) >= 11 is 6.06. The molecule has 0 aliphatic carbocycles. The molecule has 0 saturated carbocycles. The van der Waals surface area contributed by atoms with Gasteiger partial charge in [0.2, 0.25) is 0 Å². The van der Waals surface area contributed by atoms with Gasteiger partial charge in [0.05, 0.1) is 22.9 Å². The average molecular weight is 272 g/mol. The van der Waals surface area contributed by atoms with Gasteiger partial charge in [-0.2, -0.15) is 0 Å². The molecule has 6 heteroatoms. The lowest BCUT2D eigenvalue weighted by molar-refractivity contribution is 0.100. The Balaban J connectivity index is 2.90. The lowest BCUT2D eigenvalue weighted by Crippen LogP contribution is -2.20. The zero-order valence-corrected chi connectivity index (χ0v) is 11.3. The number of rotatable bonds is 6. The molecule has 1 aromatic rings.